The Hall–Kier alpha value is -1.34. The molecule has 2 aromatic heterocycles. The molecule has 0 aromatic carbocycles. The van der Waals surface area contributed by atoms with Crippen molar-refractivity contribution in [3.8, 4) is 0 Å². The van der Waals surface area contributed by atoms with Gasteiger partial charge in [-0.2, -0.15) is 0 Å². The minimum absolute atomic E-state index is 0.114. The fourth-order valence-electron chi connectivity index (χ4n) is 2.86. The highest BCUT2D eigenvalue weighted by Crippen LogP contribution is 2.40. The maximum absolute atomic E-state index is 10.8. The second kappa shape index (κ2) is 6.42. The van der Waals surface area contributed by atoms with Crippen molar-refractivity contribution in [2.75, 3.05) is 24.7 Å². The van der Waals surface area contributed by atoms with Crippen LogP contribution in [0.1, 0.15) is 29.7 Å². The molecule has 7 heteroatoms. The first kappa shape index (κ1) is 15.6. The fraction of sp³-hybridized carbons (Fsp3) is 0.533. The van der Waals surface area contributed by atoms with E-state index in [0.717, 1.165) is 34.0 Å². The van der Waals surface area contributed by atoms with Gasteiger partial charge in [-0.25, -0.2) is 9.97 Å². The van der Waals surface area contributed by atoms with Crippen LogP contribution in [0.2, 0.25) is 0 Å². The van der Waals surface area contributed by atoms with Crippen molar-refractivity contribution < 1.29 is 9.90 Å². The van der Waals surface area contributed by atoms with Gasteiger partial charge in [-0.1, -0.05) is 11.8 Å². The summed E-state index contributed by atoms with van der Waals surface area (Å²) in [5.41, 5.74) is 1.39. The molecule has 0 fully saturated rings. The molecule has 0 spiro atoms. The Kier molecular flexibility index (Phi) is 4.54. The molecular weight excluding hydrogens is 318 g/mol. The summed E-state index contributed by atoms with van der Waals surface area (Å²) in [6.07, 6.45) is 6.74. The molecule has 0 bridgehead atoms. The lowest BCUT2D eigenvalue weighted by Gasteiger charge is -2.20. The summed E-state index contributed by atoms with van der Waals surface area (Å²) in [6.45, 7) is 0.458. The molecule has 3 rings (SSSR count). The van der Waals surface area contributed by atoms with Gasteiger partial charge in [0.2, 0.25) is 0 Å². The third-order valence-corrected chi connectivity index (χ3v) is 5.71. The lowest BCUT2D eigenvalue weighted by atomic mass is 9.97. The molecule has 1 aliphatic carbocycles. The molecule has 22 heavy (non-hydrogen) atoms. The summed E-state index contributed by atoms with van der Waals surface area (Å²) < 4.78 is 0. The van der Waals surface area contributed by atoms with Gasteiger partial charge in [-0.15, -0.1) is 11.3 Å². The highest BCUT2D eigenvalue weighted by Gasteiger charge is 2.22. The highest BCUT2D eigenvalue weighted by atomic mass is 32.2. The van der Waals surface area contributed by atoms with E-state index in [1.165, 1.54) is 35.0 Å². The maximum Gasteiger partial charge on any atom is 0.305 e. The van der Waals surface area contributed by atoms with Crippen molar-refractivity contribution >= 4 is 45.1 Å². The number of rotatable bonds is 5. The van der Waals surface area contributed by atoms with Crippen molar-refractivity contribution in [3.05, 3.63) is 10.4 Å². The van der Waals surface area contributed by atoms with Crippen LogP contribution < -0.4 is 4.90 Å². The second-order valence-corrected chi connectivity index (χ2v) is 7.35. The Labute approximate surface area is 137 Å². The van der Waals surface area contributed by atoms with Gasteiger partial charge >= 0.3 is 5.97 Å². The van der Waals surface area contributed by atoms with Gasteiger partial charge in [0.25, 0.3) is 0 Å². The van der Waals surface area contributed by atoms with Crippen LogP contribution in [0.15, 0.2) is 5.16 Å². The Morgan fingerprint density at radius 1 is 1.36 bits per heavy atom. The molecule has 0 aliphatic heterocycles. The minimum atomic E-state index is -0.783. The van der Waals surface area contributed by atoms with Crippen molar-refractivity contribution in [2.24, 2.45) is 0 Å². The van der Waals surface area contributed by atoms with Crippen molar-refractivity contribution in [1.82, 2.24) is 9.97 Å². The SMILES string of the molecule is CSc1nc(N(C)CCC(=O)O)c2c3c(sc2n1)CCCC3. The first-order valence-corrected chi connectivity index (χ1v) is 9.43. The predicted octanol–water partition coefficient (Wildman–Crippen LogP) is 3.20. The number of carbonyl (C=O) groups is 1. The molecule has 118 valence electrons. The second-order valence-electron chi connectivity index (χ2n) is 5.49. The average Bonchev–Trinajstić information content (AvgIpc) is 2.89. The van der Waals surface area contributed by atoms with Gasteiger partial charge < -0.3 is 10.0 Å². The van der Waals surface area contributed by atoms with Crippen molar-refractivity contribution in [3.63, 3.8) is 0 Å². The summed E-state index contributed by atoms with van der Waals surface area (Å²) in [5, 5.41) is 10.8. The number of hydrogen-bond acceptors (Lipinski definition) is 6. The number of aryl methyl sites for hydroxylation is 2. The molecule has 0 saturated heterocycles. The summed E-state index contributed by atoms with van der Waals surface area (Å²) in [4.78, 5) is 24.6. The summed E-state index contributed by atoms with van der Waals surface area (Å²) in [5.74, 6) is 0.101. The van der Waals surface area contributed by atoms with E-state index in [9.17, 15) is 4.79 Å². The minimum Gasteiger partial charge on any atom is -0.481 e. The van der Waals surface area contributed by atoms with E-state index in [1.807, 2.05) is 18.2 Å². The molecule has 1 aliphatic rings. The number of aromatic nitrogens is 2. The van der Waals surface area contributed by atoms with Crippen molar-refractivity contribution in [2.45, 2.75) is 37.3 Å². The molecule has 5 nitrogen and oxygen atoms in total. The largest absolute Gasteiger partial charge is 0.481 e. The van der Waals surface area contributed by atoms with Crippen LogP contribution in [0.4, 0.5) is 5.82 Å². The molecule has 1 N–H and O–H groups in total. The zero-order valence-corrected chi connectivity index (χ0v) is 14.4. The van der Waals surface area contributed by atoms with E-state index in [2.05, 4.69) is 9.97 Å². The summed E-state index contributed by atoms with van der Waals surface area (Å²) in [6, 6.07) is 0. The van der Waals surface area contributed by atoms with E-state index in [4.69, 9.17) is 5.11 Å². The van der Waals surface area contributed by atoms with Crippen LogP contribution >= 0.6 is 23.1 Å². The molecule has 2 heterocycles. The molecule has 0 unspecified atom stereocenters. The van der Waals surface area contributed by atoms with E-state index >= 15 is 0 Å². The zero-order valence-electron chi connectivity index (χ0n) is 12.8. The number of thiophene rings is 1. The number of hydrogen-bond donors (Lipinski definition) is 1. The third-order valence-electron chi connectivity index (χ3n) is 3.98. The summed E-state index contributed by atoms with van der Waals surface area (Å²) >= 11 is 3.30. The Balaban J connectivity index is 2.09. The smallest absolute Gasteiger partial charge is 0.305 e. The lowest BCUT2D eigenvalue weighted by Crippen LogP contribution is -2.22. The van der Waals surface area contributed by atoms with Crippen LogP contribution in [-0.2, 0) is 17.6 Å². The van der Waals surface area contributed by atoms with E-state index in [0.29, 0.717) is 6.54 Å². The normalized spacial score (nSPS) is 14.1. The van der Waals surface area contributed by atoms with E-state index in [-0.39, 0.29) is 6.42 Å². The number of aliphatic carboxylic acids is 1. The van der Waals surface area contributed by atoms with Crippen LogP contribution in [0, 0.1) is 0 Å². The number of nitrogens with zero attached hydrogens (tertiary/aromatic N) is 3. The molecule has 0 saturated carbocycles. The number of fused-ring (bicyclic) bond motifs is 3. The monoisotopic (exact) mass is 337 g/mol. The van der Waals surface area contributed by atoms with E-state index in [1.54, 1.807) is 11.3 Å². The Morgan fingerprint density at radius 2 is 2.14 bits per heavy atom. The topological polar surface area (TPSA) is 66.3 Å². The van der Waals surface area contributed by atoms with Crippen LogP contribution in [-0.4, -0.2) is 40.9 Å². The average molecular weight is 337 g/mol. The molecule has 0 atom stereocenters. The van der Waals surface area contributed by atoms with Gasteiger partial charge in [-0.05, 0) is 37.5 Å². The number of carboxylic acid groups (broad SMARTS) is 1. The Morgan fingerprint density at radius 3 is 2.86 bits per heavy atom. The lowest BCUT2D eigenvalue weighted by molar-refractivity contribution is -0.136. The quantitative estimate of drug-likeness (QED) is 0.667. The number of carboxylic acids is 1. The van der Waals surface area contributed by atoms with Crippen LogP contribution in [0.25, 0.3) is 10.2 Å². The molecule has 2 aromatic rings. The number of thioether (sulfide) groups is 1. The van der Waals surface area contributed by atoms with Crippen LogP contribution in [0.5, 0.6) is 0 Å². The first-order valence-electron chi connectivity index (χ1n) is 7.39. The zero-order chi connectivity index (χ0) is 15.7. The molecule has 0 amide bonds. The van der Waals surface area contributed by atoms with Gasteiger partial charge in [-0.3, -0.25) is 4.79 Å². The standard InChI is InChI=1S/C15H19N3O2S2/c1-18(8-7-11(19)20)13-12-9-5-3-4-6-10(9)22-14(12)17-15(16-13)21-2/h3-8H2,1-2H3,(H,19,20). The molecule has 0 radical (unpaired) electrons. The number of anilines is 1. The van der Waals surface area contributed by atoms with Gasteiger partial charge in [0.15, 0.2) is 5.16 Å². The van der Waals surface area contributed by atoms with E-state index < -0.39 is 5.97 Å². The maximum atomic E-state index is 10.8. The van der Waals surface area contributed by atoms with Gasteiger partial charge in [0.1, 0.15) is 10.6 Å². The van der Waals surface area contributed by atoms with Crippen molar-refractivity contribution in [1.29, 1.82) is 0 Å². The first-order chi connectivity index (χ1) is 10.6. The third kappa shape index (κ3) is 2.92. The predicted molar refractivity (Wildman–Crippen MR) is 91.4 cm³/mol. The van der Waals surface area contributed by atoms with Gasteiger partial charge in [0.05, 0.1) is 11.8 Å². The molecular formula is C15H19N3O2S2. The Bertz CT molecular complexity index is 714. The highest BCUT2D eigenvalue weighted by molar-refractivity contribution is 7.98. The summed E-state index contributed by atoms with van der Waals surface area (Å²) in [7, 11) is 1.92. The van der Waals surface area contributed by atoms with Gasteiger partial charge in [0, 0.05) is 18.5 Å². The van der Waals surface area contributed by atoms with Crippen LogP contribution in [0.3, 0.4) is 0 Å². The fourth-order valence-corrected chi connectivity index (χ4v) is 4.53.